The summed E-state index contributed by atoms with van der Waals surface area (Å²) in [5.74, 6) is 0.462. The fourth-order valence-corrected chi connectivity index (χ4v) is 4.44. The Morgan fingerprint density at radius 3 is 2.29 bits per heavy atom. The van der Waals surface area contributed by atoms with Crippen LogP contribution in [0.4, 0.5) is 31.8 Å². The fourth-order valence-electron chi connectivity index (χ4n) is 3.64. The normalized spacial score (nSPS) is 11.2. The monoisotopic (exact) mass is 576 g/mol. The Hall–Kier alpha value is -4.13. The SMILES string of the molecule is NC(=O)N(c1ccc(OCc2nc(N)nc(N)c2-c2ccc(Cl)c(Cl)c2)cc1)c1cccc(S(=O)(=O)F)c1. The number of halogens is 3. The minimum atomic E-state index is -4.98. The molecule has 0 bridgehead atoms. The summed E-state index contributed by atoms with van der Waals surface area (Å²) in [6, 6.07) is 14.9. The third-order valence-corrected chi connectivity index (χ3v) is 6.84. The van der Waals surface area contributed by atoms with E-state index in [0.717, 1.165) is 17.0 Å². The highest BCUT2D eigenvalue weighted by Crippen LogP contribution is 2.34. The van der Waals surface area contributed by atoms with E-state index in [1.807, 2.05) is 0 Å². The first kappa shape index (κ1) is 26.9. The van der Waals surface area contributed by atoms with E-state index in [4.69, 9.17) is 45.1 Å². The van der Waals surface area contributed by atoms with Gasteiger partial charge in [-0.05, 0) is 60.2 Å². The largest absolute Gasteiger partial charge is 0.487 e. The van der Waals surface area contributed by atoms with Gasteiger partial charge in [0.1, 0.15) is 23.1 Å². The molecule has 0 atom stereocenters. The maximum atomic E-state index is 13.5. The van der Waals surface area contributed by atoms with Gasteiger partial charge in [-0.25, -0.2) is 9.78 Å². The zero-order valence-electron chi connectivity index (χ0n) is 19.3. The zero-order chi connectivity index (χ0) is 27.6. The van der Waals surface area contributed by atoms with Crippen molar-refractivity contribution in [3.63, 3.8) is 0 Å². The van der Waals surface area contributed by atoms with Gasteiger partial charge in [-0.2, -0.15) is 13.4 Å². The van der Waals surface area contributed by atoms with E-state index in [2.05, 4.69) is 9.97 Å². The Labute approximate surface area is 227 Å². The average Bonchev–Trinajstić information content (AvgIpc) is 2.85. The van der Waals surface area contributed by atoms with Crippen molar-refractivity contribution >= 4 is 62.6 Å². The van der Waals surface area contributed by atoms with Crippen LogP contribution in [0.2, 0.25) is 10.0 Å². The van der Waals surface area contributed by atoms with Crippen molar-refractivity contribution in [2.75, 3.05) is 16.4 Å². The van der Waals surface area contributed by atoms with Crippen LogP contribution in [0.15, 0.2) is 71.6 Å². The number of nitrogens with two attached hydrogens (primary N) is 3. The molecular weight excluding hydrogens is 558 g/mol. The lowest BCUT2D eigenvalue weighted by molar-refractivity contribution is 0.256. The smallest absolute Gasteiger partial charge is 0.332 e. The van der Waals surface area contributed by atoms with Crippen LogP contribution < -0.4 is 26.8 Å². The number of hydrogen-bond donors (Lipinski definition) is 3. The Kier molecular flexibility index (Phi) is 7.58. The van der Waals surface area contributed by atoms with Crippen molar-refractivity contribution in [1.29, 1.82) is 0 Å². The van der Waals surface area contributed by atoms with E-state index < -0.39 is 21.1 Å². The lowest BCUT2D eigenvalue weighted by Gasteiger charge is -2.21. The van der Waals surface area contributed by atoms with Crippen LogP contribution in [0, 0.1) is 0 Å². The van der Waals surface area contributed by atoms with Crippen molar-refractivity contribution in [2.45, 2.75) is 11.5 Å². The van der Waals surface area contributed by atoms with E-state index in [0.29, 0.717) is 32.6 Å². The Balaban J connectivity index is 1.60. The molecule has 4 aromatic rings. The van der Waals surface area contributed by atoms with Crippen molar-refractivity contribution in [2.24, 2.45) is 5.73 Å². The fraction of sp³-hybridized carbons (Fsp3) is 0.0417. The number of anilines is 4. The molecule has 0 aliphatic rings. The van der Waals surface area contributed by atoms with Crippen LogP contribution in [0.25, 0.3) is 11.1 Å². The number of ether oxygens (including phenoxy) is 1. The van der Waals surface area contributed by atoms with Crippen molar-refractivity contribution < 1.29 is 21.8 Å². The summed E-state index contributed by atoms with van der Waals surface area (Å²) in [6.45, 7) is -0.0538. The quantitative estimate of drug-likeness (QED) is 0.256. The summed E-state index contributed by atoms with van der Waals surface area (Å²) < 4.78 is 41.9. The number of carbonyl (C=O) groups excluding carboxylic acids is 1. The van der Waals surface area contributed by atoms with Crippen molar-refractivity contribution in [3.05, 3.63) is 82.5 Å². The first-order chi connectivity index (χ1) is 17.9. The molecule has 0 aliphatic carbocycles. The highest BCUT2D eigenvalue weighted by atomic mass is 35.5. The maximum absolute atomic E-state index is 13.5. The van der Waals surface area contributed by atoms with Gasteiger partial charge >= 0.3 is 16.3 Å². The third-order valence-electron chi connectivity index (χ3n) is 5.29. The van der Waals surface area contributed by atoms with E-state index >= 15 is 0 Å². The summed E-state index contributed by atoms with van der Waals surface area (Å²) >= 11 is 12.2. The van der Waals surface area contributed by atoms with Gasteiger partial charge in [0.25, 0.3) is 0 Å². The van der Waals surface area contributed by atoms with Crippen LogP contribution in [0.3, 0.4) is 0 Å². The first-order valence-electron chi connectivity index (χ1n) is 10.7. The second-order valence-corrected chi connectivity index (χ2v) is 9.97. The minimum Gasteiger partial charge on any atom is -0.487 e. The molecule has 3 aromatic carbocycles. The molecule has 0 radical (unpaired) electrons. The molecule has 10 nitrogen and oxygen atoms in total. The van der Waals surface area contributed by atoms with Crippen LogP contribution in [-0.4, -0.2) is 24.4 Å². The van der Waals surface area contributed by atoms with Gasteiger partial charge in [0.2, 0.25) is 5.95 Å². The second-order valence-electron chi connectivity index (χ2n) is 7.81. The molecule has 0 unspecified atom stereocenters. The van der Waals surface area contributed by atoms with Gasteiger partial charge in [-0.3, -0.25) is 4.90 Å². The lowest BCUT2D eigenvalue weighted by Crippen LogP contribution is -2.31. The Morgan fingerprint density at radius 1 is 0.947 bits per heavy atom. The summed E-state index contributed by atoms with van der Waals surface area (Å²) in [6.07, 6.45) is 0. The van der Waals surface area contributed by atoms with Gasteiger partial charge in [0.15, 0.2) is 0 Å². The first-order valence-corrected chi connectivity index (χ1v) is 12.8. The summed E-state index contributed by atoms with van der Waals surface area (Å²) in [5, 5.41) is 0.683. The molecule has 0 saturated heterocycles. The molecule has 38 heavy (non-hydrogen) atoms. The summed E-state index contributed by atoms with van der Waals surface area (Å²) in [5.41, 5.74) is 19.2. The van der Waals surface area contributed by atoms with Gasteiger partial charge in [-0.15, -0.1) is 3.89 Å². The highest BCUT2D eigenvalue weighted by molar-refractivity contribution is 7.86. The lowest BCUT2D eigenvalue weighted by atomic mass is 10.0. The minimum absolute atomic E-state index is 0.0464. The predicted octanol–water partition coefficient (Wildman–Crippen LogP) is 5.07. The number of urea groups is 1. The number of nitrogen functional groups attached to an aromatic ring is 2. The van der Waals surface area contributed by atoms with Crippen molar-refractivity contribution in [3.8, 4) is 16.9 Å². The third kappa shape index (κ3) is 5.88. The molecule has 196 valence electrons. The van der Waals surface area contributed by atoms with E-state index in [1.54, 1.807) is 30.3 Å². The van der Waals surface area contributed by atoms with Crippen LogP contribution in [0.1, 0.15) is 5.69 Å². The van der Waals surface area contributed by atoms with E-state index in [-0.39, 0.29) is 29.7 Å². The number of amides is 2. The molecule has 0 aliphatic heterocycles. The Bertz CT molecular complexity index is 1640. The van der Waals surface area contributed by atoms with E-state index in [1.165, 1.54) is 24.3 Å². The van der Waals surface area contributed by atoms with Gasteiger partial charge < -0.3 is 21.9 Å². The second kappa shape index (κ2) is 10.7. The summed E-state index contributed by atoms with van der Waals surface area (Å²) in [4.78, 5) is 20.8. The number of primary amides is 1. The summed E-state index contributed by atoms with van der Waals surface area (Å²) in [7, 11) is -4.98. The average molecular weight is 577 g/mol. The molecular formula is C24H19Cl2FN6O4S. The van der Waals surface area contributed by atoms with Gasteiger partial charge in [0.05, 0.1) is 27.1 Å². The van der Waals surface area contributed by atoms with Crippen LogP contribution in [-0.2, 0) is 16.8 Å². The number of rotatable bonds is 7. The van der Waals surface area contributed by atoms with Gasteiger partial charge in [0, 0.05) is 5.56 Å². The molecule has 6 N–H and O–H groups in total. The standard InChI is InChI=1S/C24H19Cl2FN6O4S/c25-18-9-4-13(10-19(18)26)21-20(31-23(29)32-22(21)28)12-37-16-7-5-14(6-8-16)33(24(30)34)15-2-1-3-17(11-15)38(27,35)36/h1-11H,12H2,(H2,30,34)(H4,28,29,31,32). The topological polar surface area (TPSA) is 168 Å². The maximum Gasteiger partial charge on any atom is 0.332 e. The number of nitrogens with zero attached hydrogens (tertiary/aromatic N) is 3. The van der Waals surface area contributed by atoms with Crippen molar-refractivity contribution in [1.82, 2.24) is 9.97 Å². The number of aromatic nitrogens is 2. The number of benzene rings is 3. The van der Waals surface area contributed by atoms with Crippen LogP contribution >= 0.6 is 23.2 Å². The number of carbonyl (C=O) groups is 1. The molecule has 0 spiro atoms. The van der Waals surface area contributed by atoms with Crippen LogP contribution in [0.5, 0.6) is 5.75 Å². The molecule has 14 heteroatoms. The predicted molar refractivity (Wildman–Crippen MR) is 144 cm³/mol. The Morgan fingerprint density at radius 2 is 1.66 bits per heavy atom. The molecule has 0 fully saturated rings. The van der Waals surface area contributed by atoms with E-state index in [9.17, 15) is 17.1 Å². The molecule has 2 amide bonds. The zero-order valence-corrected chi connectivity index (χ0v) is 21.6. The molecule has 0 saturated carbocycles. The molecule has 1 heterocycles. The number of hydrogen-bond acceptors (Lipinski definition) is 8. The molecule has 4 rings (SSSR count). The molecule has 1 aromatic heterocycles. The highest BCUT2D eigenvalue weighted by Gasteiger charge is 2.20. The van der Waals surface area contributed by atoms with Gasteiger partial charge in [-0.1, -0.05) is 35.3 Å².